The van der Waals surface area contributed by atoms with Gasteiger partial charge in [0.2, 0.25) is 17.2 Å². The molecule has 4 aliphatic rings. The van der Waals surface area contributed by atoms with Crippen molar-refractivity contribution in [1.29, 1.82) is 5.41 Å². The maximum atomic E-state index is 9.38. The van der Waals surface area contributed by atoms with E-state index in [1.54, 1.807) is 0 Å². The van der Waals surface area contributed by atoms with Gasteiger partial charge >= 0.3 is 0 Å². The molecule has 7 nitrogen and oxygen atoms in total. The van der Waals surface area contributed by atoms with Crippen molar-refractivity contribution in [3.05, 3.63) is 34.0 Å². The average molecular weight is 576 g/mol. The standard InChI is InChI=1S/C35H57N7/c1-25-26(2)40(30-19-11-6-12-20-30)34(39(25)29-17-9-5-10-18-29)37-33(36)38-35-41(31-21-13-7-14-22-31)27(3)28(4)42(35)32-23-15-8-16-24-32/h29-32,36H,5-24H2,1-4H3. The molecule has 4 aliphatic carbocycles. The number of imidazole rings is 2. The third-order valence-corrected chi connectivity index (χ3v) is 11.5. The summed E-state index contributed by atoms with van der Waals surface area (Å²) in [6.45, 7) is 9.17. The highest BCUT2D eigenvalue weighted by molar-refractivity contribution is 5.78. The number of hydrogen-bond acceptors (Lipinski definition) is 1. The Balaban J connectivity index is 1.51. The molecule has 0 bridgehead atoms. The van der Waals surface area contributed by atoms with Crippen LogP contribution in [0.15, 0.2) is 9.98 Å². The first kappa shape index (κ1) is 29.7. The highest BCUT2D eigenvalue weighted by Crippen LogP contribution is 2.34. The van der Waals surface area contributed by atoms with Crippen molar-refractivity contribution in [3.8, 4) is 0 Å². The Morgan fingerprint density at radius 3 is 0.857 bits per heavy atom. The summed E-state index contributed by atoms with van der Waals surface area (Å²) in [5, 5.41) is 9.38. The van der Waals surface area contributed by atoms with Crippen molar-refractivity contribution in [1.82, 2.24) is 18.3 Å². The lowest BCUT2D eigenvalue weighted by Gasteiger charge is -2.26. The van der Waals surface area contributed by atoms with Gasteiger partial charge in [-0.1, -0.05) is 77.0 Å². The number of nitrogens with zero attached hydrogens (tertiary/aromatic N) is 6. The molecular weight excluding hydrogens is 518 g/mol. The molecule has 2 aromatic heterocycles. The Hall–Kier alpha value is -2.31. The molecule has 7 heteroatoms. The molecule has 4 fully saturated rings. The van der Waals surface area contributed by atoms with Crippen LogP contribution in [0.25, 0.3) is 0 Å². The molecule has 0 radical (unpaired) electrons. The summed E-state index contributed by atoms with van der Waals surface area (Å²) in [4.78, 5) is 10.4. The van der Waals surface area contributed by atoms with Gasteiger partial charge in [-0.25, -0.2) is 0 Å². The van der Waals surface area contributed by atoms with E-state index in [-0.39, 0.29) is 5.96 Å². The fourth-order valence-corrected chi connectivity index (χ4v) is 9.06. The molecule has 0 aliphatic heterocycles. The summed E-state index contributed by atoms with van der Waals surface area (Å²) in [6.07, 6.45) is 25.5. The van der Waals surface area contributed by atoms with Gasteiger partial charge in [0.25, 0.3) is 0 Å². The normalized spacial score (nSPS) is 22.0. The van der Waals surface area contributed by atoms with E-state index >= 15 is 0 Å². The number of aromatic nitrogens is 4. The van der Waals surface area contributed by atoms with Crippen LogP contribution in [0.4, 0.5) is 0 Å². The molecule has 0 aromatic carbocycles. The van der Waals surface area contributed by atoms with Crippen molar-refractivity contribution >= 4 is 5.96 Å². The summed E-state index contributed by atoms with van der Waals surface area (Å²) < 4.78 is 10.1. The fraction of sp³-hybridized carbons (Fsp3) is 0.800. The van der Waals surface area contributed by atoms with Gasteiger partial charge in [0, 0.05) is 46.9 Å². The van der Waals surface area contributed by atoms with E-state index < -0.39 is 0 Å². The predicted molar refractivity (Wildman–Crippen MR) is 171 cm³/mol. The monoisotopic (exact) mass is 575 g/mol. The van der Waals surface area contributed by atoms with Gasteiger partial charge < -0.3 is 18.3 Å². The summed E-state index contributed by atoms with van der Waals surface area (Å²) in [5.41, 5.74) is 7.35. The molecular formula is C35H57N7. The zero-order chi connectivity index (χ0) is 29.2. The van der Waals surface area contributed by atoms with Gasteiger partial charge in [0.15, 0.2) is 0 Å². The third kappa shape index (κ3) is 5.78. The number of nitrogens with one attached hydrogen (secondary N) is 1. The summed E-state index contributed by atoms with van der Waals surface area (Å²) in [5.74, 6) is 0.174. The zero-order valence-electron chi connectivity index (χ0n) is 27.1. The van der Waals surface area contributed by atoms with E-state index in [0.717, 1.165) is 11.2 Å². The molecule has 0 saturated heterocycles. The van der Waals surface area contributed by atoms with Crippen LogP contribution in [0.1, 0.15) is 175 Å². The van der Waals surface area contributed by atoms with Gasteiger partial charge in [-0.05, 0) is 79.1 Å². The molecule has 2 aromatic rings. The maximum Gasteiger partial charge on any atom is 0.248 e. The highest BCUT2D eigenvalue weighted by Gasteiger charge is 2.28. The van der Waals surface area contributed by atoms with E-state index in [4.69, 9.17) is 9.98 Å². The fourth-order valence-electron chi connectivity index (χ4n) is 9.06. The Morgan fingerprint density at radius 2 is 0.643 bits per heavy atom. The van der Waals surface area contributed by atoms with Crippen LogP contribution in [0.5, 0.6) is 0 Å². The van der Waals surface area contributed by atoms with Crippen molar-refractivity contribution < 1.29 is 0 Å². The Labute approximate surface area is 253 Å². The van der Waals surface area contributed by atoms with Crippen LogP contribution in [0.2, 0.25) is 0 Å². The minimum absolute atomic E-state index is 0.174. The maximum absolute atomic E-state index is 9.38. The van der Waals surface area contributed by atoms with E-state index in [0.29, 0.717) is 24.2 Å². The van der Waals surface area contributed by atoms with Gasteiger partial charge in [-0.15, -0.1) is 0 Å². The Kier molecular flexibility index (Phi) is 9.30. The zero-order valence-corrected chi connectivity index (χ0v) is 27.1. The minimum Gasteiger partial charge on any atom is -0.311 e. The van der Waals surface area contributed by atoms with E-state index in [9.17, 15) is 5.41 Å². The number of guanidine groups is 1. The van der Waals surface area contributed by atoms with Crippen LogP contribution in [0.3, 0.4) is 0 Å². The SMILES string of the molecule is Cc1c(C)n(C2CCCCC2)c(=NC(=N)N=c2n(C3CCCCC3)c(C)c(C)n2C2CCCCC2)n1C1CCCCC1. The van der Waals surface area contributed by atoms with Gasteiger partial charge in [-0.3, -0.25) is 5.41 Å². The molecule has 1 N–H and O–H groups in total. The lowest BCUT2D eigenvalue weighted by molar-refractivity contribution is 0.313. The number of rotatable bonds is 4. The van der Waals surface area contributed by atoms with Crippen LogP contribution >= 0.6 is 0 Å². The third-order valence-electron chi connectivity index (χ3n) is 11.5. The molecule has 2 heterocycles. The molecule has 6 rings (SSSR count). The molecule has 42 heavy (non-hydrogen) atoms. The molecule has 0 unspecified atom stereocenters. The van der Waals surface area contributed by atoms with Crippen molar-refractivity contribution in [3.63, 3.8) is 0 Å². The van der Waals surface area contributed by atoms with E-state index in [2.05, 4.69) is 46.0 Å². The van der Waals surface area contributed by atoms with Gasteiger partial charge in [-0.2, -0.15) is 9.98 Å². The Morgan fingerprint density at radius 1 is 0.429 bits per heavy atom. The predicted octanol–water partition coefficient (Wildman–Crippen LogP) is 8.58. The summed E-state index contributed by atoms with van der Waals surface area (Å²) in [7, 11) is 0. The molecule has 232 valence electrons. The second kappa shape index (κ2) is 13.1. The lowest BCUT2D eigenvalue weighted by atomic mass is 9.95. The highest BCUT2D eigenvalue weighted by atomic mass is 15.3. The lowest BCUT2D eigenvalue weighted by Crippen LogP contribution is -2.36. The molecule has 0 atom stereocenters. The summed E-state index contributed by atoms with van der Waals surface area (Å²) >= 11 is 0. The molecule has 0 amide bonds. The first-order chi connectivity index (χ1) is 20.5. The Bertz CT molecular complexity index is 1180. The second-order valence-corrected chi connectivity index (χ2v) is 14.1. The van der Waals surface area contributed by atoms with Crippen LogP contribution in [-0.2, 0) is 0 Å². The largest absolute Gasteiger partial charge is 0.311 e. The van der Waals surface area contributed by atoms with Gasteiger partial charge in [0.05, 0.1) is 0 Å². The number of hydrogen-bond donors (Lipinski definition) is 1. The van der Waals surface area contributed by atoms with Crippen molar-refractivity contribution in [2.45, 2.75) is 180 Å². The molecule has 4 saturated carbocycles. The van der Waals surface area contributed by atoms with Crippen molar-refractivity contribution in [2.24, 2.45) is 9.98 Å². The second-order valence-electron chi connectivity index (χ2n) is 14.1. The first-order valence-electron chi connectivity index (χ1n) is 17.7. The first-order valence-corrected chi connectivity index (χ1v) is 17.7. The van der Waals surface area contributed by atoms with Crippen LogP contribution in [0, 0.1) is 33.1 Å². The topological polar surface area (TPSA) is 68.3 Å². The quantitative estimate of drug-likeness (QED) is 0.280. The average Bonchev–Trinajstić information content (AvgIpc) is 3.41. The molecule has 0 spiro atoms. The van der Waals surface area contributed by atoms with Crippen LogP contribution < -0.4 is 11.2 Å². The van der Waals surface area contributed by atoms with Gasteiger partial charge in [0.1, 0.15) is 0 Å². The summed E-state index contributed by atoms with van der Waals surface area (Å²) in [6, 6.07) is 1.93. The smallest absolute Gasteiger partial charge is 0.248 e. The van der Waals surface area contributed by atoms with E-state index in [1.165, 1.54) is 151 Å². The van der Waals surface area contributed by atoms with Crippen molar-refractivity contribution in [2.75, 3.05) is 0 Å². The van der Waals surface area contributed by atoms with Crippen LogP contribution in [-0.4, -0.2) is 24.2 Å². The minimum atomic E-state index is 0.174. The van der Waals surface area contributed by atoms with E-state index in [1.807, 2.05) is 0 Å².